The third-order valence-electron chi connectivity index (χ3n) is 3.81. The van der Waals surface area contributed by atoms with Gasteiger partial charge in [0.15, 0.2) is 0 Å². The summed E-state index contributed by atoms with van der Waals surface area (Å²) in [6.45, 7) is 4.54. The Morgan fingerprint density at radius 2 is 2.25 bits per heavy atom. The van der Waals surface area contributed by atoms with E-state index in [4.69, 9.17) is 0 Å². The molecule has 0 bridgehead atoms. The van der Waals surface area contributed by atoms with Gasteiger partial charge >= 0.3 is 0 Å². The Balaban J connectivity index is 1.96. The fourth-order valence-electron chi connectivity index (χ4n) is 2.43. The van der Waals surface area contributed by atoms with E-state index in [0.717, 1.165) is 17.9 Å². The van der Waals surface area contributed by atoms with Crippen LogP contribution in [0.4, 0.5) is 0 Å². The van der Waals surface area contributed by atoms with Crippen molar-refractivity contribution in [3.8, 4) is 0 Å². The third kappa shape index (κ3) is 2.46. The SMILES string of the molecule is CC1CCCC(NC(=O)c2ccsc2)C1C. The lowest BCUT2D eigenvalue weighted by Gasteiger charge is -2.34. The standard InChI is InChI=1S/C13H19NOS/c1-9-4-3-5-12(10(9)2)14-13(15)11-6-7-16-8-11/h6-10,12H,3-5H2,1-2H3,(H,14,15). The first kappa shape index (κ1) is 11.6. The molecule has 3 unspecified atom stereocenters. The molecule has 1 N–H and O–H groups in total. The van der Waals surface area contributed by atoms with E-state index in [1.165, 1.54) is 12.8 Å². The third-order valence-corrected chi connectivity index (χ3v) is 4.49. The van der Waals surface area contributed by atoms with Crippen LogP contribution in [0.2, 0.25) is 0 Å². The van der Waals surface area contributed by atoms with Gasteiger partial charge in [0.2, 0.25) is 0 Å². The van der Waals surface area contributed by atoms with E-state index in [0.29, 0.717) is 12.0 Å². The molecule has 1 saturated carbocycles. The van der Waals surface area contributed by atoms with Crippen molar-refractivity contribution < 1.29 is 4.79 Å². The summed E-state index contributed by atoms with van der Waals surface area (Å²) < 4.78 is 0. The van der Waals surface area contributed by atoms with Crippen molar-refractivity contribution in [3.05, 3.63) is 22.4 Å². The van der Waals surface area contributed by atoms with E-state index >= 15 is 0 Å². The van der Waals surface area contributed by atoms with Gasteiger partial charge in [-0.25, -0.2) is 0 Å². The minimum Gasteiger partial charge on any atom is -0.349 e. The minimum atomic E-state index is 0.0900. The molecule has 0 spiro atoms. The van der Waals surface area contributed by atoms with Gasteiger partial charge in [0.25, 0.3) is 5.91 Å². The van der Waals surface area contributed by atoms with E-state index in [-0.39, 0.29) is 5.91 Å². The molecule has 1 aromatic heterocycles. The van der Waals surface area contributed by atoms with Gasteiger partial charge in [0, 0.05) is 17.0 Å². The Bertz CT molecular complexity index is 347. The number of hydrogen-bond acceptors (Lipinski definition) is 2. The maximum Gasteiger partial charge on any atom is 0.252 e. The Morgan fingerprint density at radius 1 is 1.44 bits per heavy atom. The van der Waals surface area contributed by atoms with Crippen LogP contribution in [0.3, 0.4) is 0 Å². The zero-order chi connectivity index (χ0) is 11.5. The highest BCUT2D eigenvalue weighted by atomic mass is 32.1. The monoisotopic (exact) mass is 237 g/mol. The average molecular weight is 237 g/mol. The van der Waals surface area contributed by atoms with E-state index in [1.54, 1.807) is 11.3 Å². The number of thiophene rings is 1. The lowest BCUT2D eigenvalue weighted by atomic mass is 9.78. The van der Waals surface area contributed by atoms with E-state index in [9.17, 15) is 4.79 Å². The lowest BCUT2D eigenvalue weighted by Crippen LogP contribution is -2.43. The first-order valence-electron chi connectivity index (χ1n) is 6.01. The summed E-state index contributed by atoms with van der Waals surface area (Å²) in [6, 6.07) is 2.24. The minimum absolute atomic E-state index is 0.0900. The molecule has 3 heteroatoms. The van der Waals surface area contributed by atoms with Gasteiger partial charge in [-0.1, -0.05) is 26.7 Å². The van der Waals surface area contributed by atoms with Crippen molar-refractivity contribution in [2.45, 2.75) is 39.2 Å². The molecule has 0 saturated heterocycles. The summed E-state index contributed by atoms with van der Waals surface area (Å²) in [5, 5.41) is 7.02. The van der Waals surface area contributed by atoms with Gasteiger partial charge in [-0.2, -0.15) is 11.3 Å². The molecule has 1 aromatic rings. The second-order valence-electron chi connectivity index (χ2n) is 4.86. The van der Waals surface area contributed by atoms with Crippen LogP contribution in [0.5, 0.6) is 0 Å². The Hall–Kier alpha value is -0.830. The molecule has 1 heterocycles. The van der Waals surface area contributed by atoms with Crippen LogP contribution in [-0.2, 0) is 0 Å². The van der Waals surface area contributed by atoms with Crippen molar-refractivity contribution >= 4 is 17.2 Å². The smallest absolute Gasteiger partial charge is 0.252 e. The quantitative estimate of drug-likeness (QED) is 0.840. The summed E-state index contributed by atoms with van der Waals surface area (Å²) in [6.07, 6.45) is 3.66. The lowest BCUT2D eigenvalue weighted by molar-refractivity contribution is 0.0891. The maximum absolute atomic E-state index is 11.9. The Kier molecular flexibility index (Phi) is 3.64. The highest BCUT2D eigenvalue weighted by Crippen LogP contribution is 2.29. The maximum atomic E-state index is 11.9. The summed E-state index contributed by atoms with van der Waals surface area (Å²) in [7, 11) is 0. The second kappa shape index (κ2) is 5.00. The number of amides is 1. The summed E-state index contributed by atoms with van der Waals surface area (Å²) in [5.74, 6) is 1.41. The molecule has 1 fully saturated rings. The summed E-state index contributed by atoms with van der Waals surface area (Å²) in [4.78, 5) is 11.9. The van der Waals surface area contributed by atoms with Crippen LogP contribution in [-0.4, -0.2) is 11.9 Å². The van der Waals surface area contributed by atoms with Gasteiger partial charge in [0.1, 0.15) is 0 Å². The van der Waals surface area contributed by atoms with Crippen molar-refractivity contribution in [3.63, 3.8) is 0 Å². The molecule has 2 nitrogen and oxygen atoms in total. The van der Waals surface area contributed by atoms with Gasteiger partial charge in [-0.3, -0.25) is 4.79 Å². The molecule has 0 aliphatic heterocycles. The Morgan fingerprint density at radius 3 is 2.94 bits per heavy atom. The molecule has 16 heavy (non-hydrogen) atoms. The molecule has 1 aliphatic rings. The van der Waals surface area contributed by atoms with Gasteiger partial charge < -0.3 is 5.32 Å². The van der Waals surface area contributed by atoms with E-state index in [2.05, 4.69) is 19.2 Å². The van der Waals surface area contributed by atoms with Gasteiger partial charge in [0.05, 0.1) is 0 Å². The zero-order valence-corrected chi connectivity index (χ0v) is 10.7. The van der Waals surface area contributed by atoms with Crippen LogP contribution in [0.15, 0.2) is 16.8 Å². The predicted molar refractivity (Wildman–Crippen MR) is 67.8 cm³/mol. The van der Waals surface area contributed by atoms with Crippen molar-refractivity contribution in [1.82, 2.24) is 5.32 Å². The fraction of sp³-hybridized carbons (Fsp3) is 0.615. The van der Waals surface area contributed by atoms with Crippen LogP contribution in [0.1, 0.15) is 43.5 Å². The second-order valence-corrected chi connectivity index (χ2v) is 5.64. The molecule has 1 amide bonds. The average Bonchev–Trinajstić information content (AvgIpc) is 2.78. The molecule has 1 aliphatic carbocycles. The molecule has 2 rings (SSSR count). The largest absolute Gasteiger partial charge is 0.349 e. The van der Waals surface area contributed by atoms with Crippen LogP contribution in [0.25, 0.3) is 0 Å². The van der Waals surface area contributed by atoms with Crippen LogP contribution in [0, 0.1) is 11.8 Å². The number of carbonyl (C=O) groups is 1. The predicted octanol–water partition coefficient (Wildman–Crippen LogP) is 3.30. The Labute approximate surface area is 101 Å². The van der Waals surface area contributed by atoms with E-state index < -0.39 is 0 Å². The first-order valence-corrected chi connectivity index (χ1v) is 6.96. The normalized spacial score (nSPS) is 30.0. The fourth-order valence-corrected chi connectivity index (χ4v) is 3.07. The zero-order valence-electron chi connectivity index (χ0n) is 9.90. The summed E-state index contributed by atoms with van der Waals surface area (Å²) in [5.41, 5.74) is 0.801. The van der Waals surface area contributed by atoms with Gasteiger partial charge in [-0.05, 0) is 29.7 Å². The van der Waals surface area contributed by atoms with Crippen molar-refractivity contribution in [2.24, 2.45) is 11.8 Å². The van der Waals surface area contributed by atoms with Crippen LogP contribution < -0.4 is 5.32 Å². The molecule has 0 radical (unpaired) electrons. The first-order chi connectivity index (χ1) is 7.68. The molecule has 0 aromatic carbocycles. The highest BCUT2D eigenvalue weighted by molar-refractivity contribution is 7.08. The number of carbonyl (C=O) groups excluding carboxylic acids is 1. The molecule has 3 atom stereocenters. The highest BCUT2D eigenvalue weighted by Gasteiger charge is 2.28. The van der Waals surface area contributed by atoms with Crippen molar-refractivity contribution in [2.75, 3.05) is 0 Å². The molecule has 88 valence electrons. The number of hydrogen-bond donors (Lipinski definition) is 1. The van der Waals surface area contributed by atoms with Gasteiger partial charge in [-0.15, -0.1) is 0 Å². The molecular weight excluding hydrogens is 218 g/mol. The number of rotatable bonds is 2. The van der Waals surface area contributed by atoms with Crippen LogP contribution >= 0.6 is 11.3 Å². The number of nitrogens with one attached hydrogen (secondary N) is 1. The van der Waals surface area contributed by atoms with Crippen molar-refractivity contribution in [1.29, 1.82) is 0 Å². The topological polar surface area (TPSA) is 29.1 Å². The molecular formula is C13H19NOS. The van der Waals surface area contributed by atoms with E-state index in [1.807, 2.05) is 16.8 Å². The summed E-state index contributed by atoms with van der Waals surface area (Å²) >= 11 is 1.57.